The lowest BCUT2D eigenvalue weighted by Gasteiger charge is -2.32. The average Bonchev–Trinajstić information content (AvgIpc) is 2.59. The average molecular weight is 379 g/mol. The Hall–Kier alpha value is -2.51. The number of methoxy groups -OCH3 is 1. The number of carbonyl (C=O) groups is 1. The van der Waals surface area contributed by atoms with Crippen molar-refractivity contribution in [1.29, 1.82) is 0 Å². The van der Waals surface area contributed by atoms with Gasteiger partial charge in [-0.1, -0.05) is 11.6 Å². The Balaban J connectivity index is 2.01. The molecule has 2 aromatic rings. The molecule has 138 valence electrons. The number of aromatic nitrogens is 1. The number of rotatable bonds is 6. The normalized spacial score (nSPS) is 12.5. The van der Waals surface area contributed by atoms with E-state index in [1.54, 1.807) is 17.9 Å². The largest absolute Gasteiger partial charge is 0.492 e. The molecule has 1 N–H and O–H groups in total. The minimum atomic E-state index is -1.25. The molecular weight excluding hydrogens is 360 g/mol. The highest BCUT2D eigenvalue weighted by Gasteiger charge is 2.23. The van der Waals surface area contributed by atoms with Gasteiger partial charge in [0.05, 0.1) is 23.9 Å². The van der Waals surface area contributed by atoms with E-state index in [9.17, 15) is 14.7 Å². The third-order valence-corrected chi connectivity index (χ3v) is 4.51. The van der Waals surface area contributed by atoms with Crippen molar-refractivity contribution < 1.29 is 19.4 Å². The first-order valence-electron chi connectivity index (χ1n) is 8.08. The minimum Gasteiger partial charge on any atom is -0.492 e. The van der Waals surface area contributed by atoms with Crippen LogP contribution >= 0.6 is 11.6 Å². The fourth-order valence-electron chi connectivity index (χ4n) is 2.95. The number of benzene rings is 1. The third-order valence-electron chi connectivity index (χ3n) is 4.21. The molecule has 7 nitrogen and oxygen atoms in total. The van der Waals surface area contributed by atoms with Gasteiger partial charge < -0.3 is 19.6 Å². The van der Waals surface area contributed by atoms with Crippen LogP contribution in [0.5, 0.6) is 5.75 Å². The predicted octanol–water partition coefficient (Wildman–Crippen LogP) is 2.36. The lowest BCUT2D eigenvalue weighted by atomic mass is 10.0. The van der Waals surface area contributed by atoms with Crippen LogP contribution in [0.3, 0.4) is 0 Å². The summed E-state index contributed by atoms with van der Waals surface area (Å²) in [6, 6.07) is 4.94. The van der Waals surface area contributed by atoms with Crippen LogP contribution in [-0.2, 0) is 11.3 Å². The zero-order valence-electron chi connectivity index (χ0n) is 14.5. The lowest BCUT2D eigenvalue weighted by molar-refractivity contribution is 0.0694. The number of fused-ring (bicyclic) bond motifs is 3. The van der Waals surface area contributed by atoms with E-state index in [-0.39, 0.29) is 5.56 Å². The molecule has 0 amide bonds. The van der Waals surface area contributed by atoms with Gasteiger partial charge in [0.15, 0.2) is 5.43 Å². The molecule has 0 unspecified atom stereocenters. The van der Waals surface area contributed by atoms with Crippen LogP contribution in [-0.4, -0.2) is 43.1 Å². The van der Waals surface area contributed by atoms with E-state index < -0.39 is 11.4 Å². The van der Waals surface area contributed by atoms with Crippen molar-refractivity contribution in [2.75, 3.05) is 32.4 Å². The molecule has 0 saturated heterocycles. The van der Waals surface area contributed by atoms with E-state index >= 15 is 0 Å². The van der Waals surface area contributed by atoms with Crippen molar-refractivity contribution in [1.82, 2.24) is 4.68 Å². The maximum absolute atomic E-state index is 12.1. The summed E-state index contributed by atoms with van der Waals surface area (Å²) in [5, 5.41) is 11.4. The SMILES string of the molecule is COCCCOc1cc2c(cc1Cl)-c1cc(=O)c(C(=O)O)cn1N(C)C2. The Morgan fingerprint density at radius 1 is 1.31 bits per heavy atom. The van der Waals surface area contributed by atoms with E-state index in [1.165, 1.54) is 12.3 Å². The highest BCUT2D eigenvalue weighted by molar-refractivity contribution is 6.32. The zero-order chi connectivity index (χ0) is 18.8. The minimum absolute atomic E-state index is 0.270. The standard InChI is InChI=1S/C18H19ClN2O5/c1-20-9-11-6-17(26-5-3-4-25-2)14(19)7-12(11)15-8-16(22)13(18(23)24)10-21(15)20/h6-8,10H,3-5,9H2,1-2H3,(H,23,24). The molecule has 26 heavy (non-hydrogen) atoms. The smallest absolute Gasteiger partial charge is 0.341 e. The van der Waals surface area contributed by atoms with Gasteiger partial charge in [-0.05, 0) is 17.7 Å². The van der Waals surface area contributed by atoms with Gasteiger partial charge in [-0.2, -0.15) is 0 Å². The second-order valence-corrected chi connectivity index (χ2v) is 6.44. The summed E-state index contributed by atoms with van der Waals surface area (Å²) in [5.74, 6) is -0.671. The van der Waals surface area contributed by atoms with Crippen molar-refractivity contribution in [3.63, 3.8) is 0 Å². The quantitative estimate of drug-likeness (QED) is 0.777. The third kappa shape index (κ3) is 3.40. The first kappa shape index (κ1) is 18.3. The van der Waals surface area contributed by atoms with Gasteiger partial charge in [0.2, 0.25) is 0 Å². The lowest BCUT2D eigenvalue weighted by Crippen LogP contribution is -2.36. The second kappa shape index (κ2) is 7.39. The molecule has 8 heteroatoms. The fourth-order valence-corrected chi connectivity index (χ4v) is 3.17. The van der Waals surface area contributed by atoms with Crippen LogP contribution in [0.15, 0.2) is 29.2 Å². The maximum Gasteiger partial charge on any atom is 0.341 e. The van der Waals surface area contributed by atoms with Crippen molar-refractivity contribution in [3.05, 3.63) is 50.8 Å². The van der Waals surface area contributed by atoms with E-state index in [4.69, 9.17) is 21.1 Å². The Morgan fingerprint density at radius 2 is 2.08 bits per heavy atom. The Kier molecular flexibility index (Phi) is 5.20. The molecule has 0 spiro atoms. The van der Waals surface area contributed by atoms with Gasteiger partial charge in [-0.3, -0.25) is 9.47 Å². The van der Waals surface area contributed by atoms with E-state index in [1.807, 2.05) is 18.1 Å². The Bertz CT molecular complexity index is 909. The zero-order valence-corrected chi connectivity index (χ0v) is 15.2. The van der Waals surface area contributed by atoms with Gasteiger partial charge in [-0.25, -0.2) is 4.79 Å². The highest BCUT2D eigenvalue weighted by atomic mass is 35.5. The predicted molar refractivity (Wildman–Crippen MR) is 97.9 cm³/mol. The Labute approximate surface area is 155 Å². The van der Waals surface area contributed by atoms with Gasteiger partial charge in [-0.15, -0.1) is 0 Å². The summed E-state index contributed by atoms with van der Waals surface area (Å²) in [6.07, 6.45) is 2.09. The molecule has 1 aliphatic rings. The number of halogens is 1. The number of carboxylic acid groups (broad SMARTS) is 1. The van der Waals surface area contributed by atoms with E-state index in [0.29, 0.717) is 36.2 Å². The van der Waals surface area contributed by atoms with Crippen molar-refractivity contribution in [3.8, 4) is 17.0 Å². The molecule has 2 heterocycles. The Morgan fingerprint density at radius 3 is 2.77 bits per heavy atom. The molecule has 0 atom stereocenters. The van der Waals surface area contributed by atoms with Crippen LogP contribution in [0, 0.1) is 0 Å². The summed E-state index contributed by atoms with van der Waals surface area (Å²) in [5.41, 5.74) is 1.51. The van der Waals surface area contributed by atoms with Crippen LogP contribution in [0.4, 0.5) is 0 Å². The molecule has 1 aromatic carbocycles. The molecule has 3 rings (SSSR count). The number of pyridine rings is 1. The van der Waals surface area contributed by atoms with Gasteiger partial charge in [0, 0.05) is 45.0 Å². The van der Waals surface area contributed by atoms with Gasteiger partial charge >= 0.3 is 5.97 Å². The van der Waals surface area contributed by atoms with E-state index in [0.717, 1.165) is 17.5 Å². The first-order valence-corrected chi connectivity index (χ1v) is 8.46. The van der Waals surface area contributed by atoms with Crippen LogP contribution in [0.2, 0.25) is 5.02 Å². The number of nitrogens with zero attached hydrogens (tertiary/aromatic N) is 2. The molecule has 0 saturated carbocycles. The topological polar surface area (TPSA) is 81.0 Å². The van der Waals surface area contributed by atoms with Crippen LogP contribution in [0.1, 0.15) is 22.3 Å². The summed E-state index contributed by atoms with van der Waals surface area (Å²) < 4.78 is 12.4. The second-order valence-electron chi connectivity index (χ2n) is 6.04. The monoisotopic (exact) mass is 378 g/mol. The number of hydrogen-bond acceptors (Lipinski definition) is 5. The number of carboxylic acids is 1. The van der Waals surface area contributed by atoms with Gasteiger partial charge in [0.1, 0.15) is 11.3 Å². The summed E-state index contributed by atoms with van der Waals surface area (Å²) >= 11 is 6.35. The summed E-state index contributed by atoms with van der Waals surface area (Å²) in [7, 11) is 3.45. The van der Waals surface area contributed by atoms with E-state index in [2.05, 4.69) is 0 Å². The van der Waals surface area contributed by atoms with Crippen molar-refractivity contribution in [2.45, 2.75) is 13.0 Å². The highest BCUT2D eigenvalue weighted by Crippen LogP contribution is 2.36. The molecule has 1 aromatic heterocycles. The van der Waals surface area contributed by atoms with Crippen LogP contribution in [0.25, 0.3) is 11.3 Å². The van der Waals surface area contributed by atoms with Crippen molar-refractivity contribution >= 4 is 17.6 Å². The molecule has 0 fully saturated rings. The molecule has 0 aliphatic carbocycles. The number of ether oxygens (including phenoxy) is 2. The molecule has 0 radical (unpaired) electrons. The summed E-state index contributed by atoms with van der Waals surface area (Å²) in [4.78, 5) is 23.3. The molecular formula is C18H19ClN2O5. The van der Waals surface area contributed by atoms with Crippen LogP contribution < -0.4 is 15.2 Å². The maximum atomic E-state index is 12.1. The number of aromatic carboxylic acids is 1. The summed E-state index contributed by atoms with van der Waals surface area (Å²) in [6.45, 7) is 1.61. The first-order chi connectivity index (χ1) is 12.4. The molecule has 1 aliphatic heterocycles. The fraction of sp³-hybridized carbons (Fsp3) is 0.333. The molecule has 0 bridgehead atoms. The van der Waals surface area contributed by atoms with Crippen molar-refractivity contribution in [2.24, 2.45) is 0 Å². The number of hydrogen-bond donors (Lipinski definition) is 1. The van der Waals surface area contributed by atoms with Gasteiger partial charge in [0.25, 0.3) is 0 Å².